The zero-order valence-electron chi connectivity index (χ0n) is 15.3. The number of sulfone groups is 1. The quantitative estimate of drug-likeness (QED) is 0.700. The first-order valence-electron chi connectivity index (χ1n) is 8.63. The number of carbonyl (C=O) groups is 2. The van der Waals surface area contributed by atoms with Gasteiger partial charge in [-0.25, -0.2) is 8.42 Å². The average Bonchev–Trinajstić information content (AvgIpc) is 2.69. The predicted octanol–water partition coefficient (Wildman–Crippen LogP) is 1.63. The number of benzene rings is 1. The van der Waals surface area contributed by atoms with Crippen molar-refractivity contribution in [3.05, 3.63) is 60.4 Å². The third kappa shape index (κ3) is 5.37. The van der Waals surface area contributed by atoms with E-state index in [4.69, 9.17) is 0 Å². The molecule has 2 N–H and O–H groups in total. The summed E-state index contributed by atoms with van der Waals surface area (Å²) in [5.41, 5.74) is 0.434. The summed E-state index contributed by atoms with van der Waals surface area (Å²) in [6, 6.07) is 11.1. The Morgan fingerprint density at radius 1 is 1.07 bits per heavy atom. The van der Waals surface area contributed by atoms with Crippen LogP contribution >= 0.6 is 0 Å². The summed E-state index contributed by atoms with van der Waals surface area (Å²) in [6.45, 7) is 3.42. The maximum Gasteiger partial charge on any atom is 0.309 e. The van der Waals surface area contributed by atoms with Crippen molar-refractivity contribution in [3.8, 4) is 0 Å². The van der Waals surface area contributed by atoms with Gasteiger partial charge in [0.05, 0.1) is 4.90 Å². The molecule has 0 aliphatic carbocycles. The van der Waals surface area contributed by atoms with Gasteiger partial charge in [-0.3, -0.25) is 14.6 Å². The van der Waals surface area contributed by atoms with Crippen LogP contribution in [0.4, 0.5) is 0 Å². The number of amides is 2. The van der Waals surface area contributed by atoms with Gasteiger partial charge in [0, 0.05) is 25.0 Å². The minimum absolute atomic E-state index is 0.136. The standard InChI is InChI=1S/C19H23N3O4S/c1-3-14(2)22-19(24)18(23)21-13-17(15-8-7-11-20-12-15)27(25,26)16-9-5-4-6-10-16/h4-12,14,17H,3,13H2,1-2H3,(H,21,23)(H,22,24)/t14-,17-/m0/s1. The van der Waals surface area contributed by atoms with E-state index in [9.17, 15) is 18.0 Å². The van der Waals surface area contributed by atoms with Crippen molar-refractivity contribution in [3.63, 3.8) is 0 Å². The molecule has 1 aromatic carbocycles. The SMILES string of the molecule is CC[C@H](C)NC(=O)C(=O)NC[C@@H](c1cccnc1)S(=O)(=O)c1ccccc1. The van der Waals surface area contributed by atoms with Gasteiger partial charge in [-0.1, -0.05) is 31.2 Å². The molecule has 0 radical (unpaired) electrons. The van der Waals surface area contributed by atoms with E-state index >= 15 is 0 Å². The normalized spacial score (nSPS) is 13.4. The highest BCUT2D eigenvalue weighted by molar-refractivity contribution is 7.91. The van der Waals surface area contributed by atoms with Crippen LogP contribution in [0.15, 0.2) is 59.8 Å². The fourth-order valence-corrected chi connectivity index (χ4v) is 4.07. The van der Waals surface area contributed by atoms with Gasteiger partial charge in [-0.05, 0) is 37.1 Å². The van der Waals surface area contributed by atoms with Crippen molar-refractivity contribution in [2.45, 2.75) is 36.5 Å². The third-order valence-electron chi connectivity index (χ3n) is 4.15. The monoisotopic (exact) mass is 389 g/mol. The van der Waals surface area contributed by atoms with Crippen molar-refractivity contribution in [2.75, 3.05) is 6.54 Å². The minimum atomic E-state index is -3.79. The lowest BCUT2D eigenvalue weighted by Crippen LogP contribution is -2.45. The summed E-state index contributed by atoms with van der Waals surface area (Å²) in [4.78, 5) is 28.1. The molecular weight excluding hydrogens is 366 g/mol. The molecule has 1 aromatic heterocycles. The molecule has 0 saturated heterocycles. The molecular formula is C19H23N3O4S. The van der Waals surface area contributed by atoms with Gasteiger partial charge >= 0.3 is 11.8 Å². The highest BCUT2D eigenvalue weighted by Gasteiger charge is 2.30. The number of hydrogen-bond acceptors (Lipinski definition) is 5. The molecule has 0 saturated carbocycles. The average molecular weight is 389 g/mol. The fourth-order valence-electron chi connectivity index (χ4n) is 2.40. The maximum atomic E-state index is 13.1. The number of rotatable bonds is 7. The Bertz CT molecular complexity index is 870. The predicted molar refractivity (Wildman–Crippen MR) is 102 cm³/mol. The van der Waals surface area contributed by atoms with E-state index in [1.54, 1.807) is 37.3 Å². The number of carbonyl (C=O) groups excluding carboxylic acids is 2. The molecule has 1 heterocycles. The Kier molecular flexibility index (Phi) is 7.06. The van der Waals surface area contributed by atoms with Crippen LogP contribution in [0.3, 0.4) is 0 Å². The Labute approximate surface area is 159 Å². The van der Waals surface area contributed by atoms with E-state index in [0.717, 1.165) is 0 Å². The lowest BCUT2D eigenvalue weighted by molar-refractivity contribution is -0.139. The van der Waals surface area contributed by atoms with Gasteiger partial charge in [-0.2, -0.15) is 0 Å². The van der Waals surface area contributed by atoms with Crippen LogP contribution in [0.2, 0.25) is 0 Å². The second-order valence-corrected chi connectivity index (χ2v) is 8.26. The van der Waals surface area contributed by atoms with Gasteiger partial charge in [0.1, 0.15) is 5.25 Å². The summed E-state index contributed by atoms with van der Waals surface area (Å²) < 4.78 is 26.1. The van der Waals surface area contributed by atoms with Gasteiger partial charge in [0.15, 0.2) is 9.84 Å². The summed E-state index contributed by atoms with van der Waals surface area (Å²) >= 11 is 0. The molecule has 0 spiro atoms. The van der Waals surface area contributed by atoms with Gasteiger partial charge in [0.25, 0.3) is 0 Å². The molecule has 2 amide bonds. The molecule has 7 nitrogen and oxygen atoms in total. The van der Waals surface area contributed by atoms with Crippen LogP contribution in [0, 0.1) is 0 Å². The van der Waals surface area contributed by atoms with Crippen molar-refractivity contribution in [1.29, 1.82) is 0 Å². The van der Waals surface area contributed by atoms with E-state index in [2.05, 4.69) is 15.6 Å². The Morgan fingerprint density at radius 3 is 2.37 bits per heavy atom. The van der Waals surface area contributed by atoms with Gasteiger partial charge in [-0.15, -0.1) is 0 Å². The molecule has 0 unspecified atom stereocenters. The van der Waals surface area contributed by atoms with E-state index in [0.29, 0.717) is 12.0 Å². The first-order valence-corrected chi connectivity index (χ1v) is 10.2. The lowest BCUT2D eigenvalue weighted by atomic mass is 10.2. The second kappa shape index (κ2) is 9.27. The number of hydrogen-bond donors (Lipinski definition) is 2. The zero-order valence-corrected chi connectivity index (χ0v) is 16.1. The van der Waals surface area contributed by atoms with Crippen molar-refractivity contribution in [1.82, 2.24) is 15.6 Å². The summed E-state index contributed by atoms with van der Waals surface area (Å²) in [7, 11) is -3.79. The fraction of sp³-hybridized carbons (Fsp3) is 0.316. The third-order valence-corrected chi connectivity index (χ3v) is 6.26. The molecule has 144 valence electrons. The topological polar surface area (TPSA) is 105 Å². The Morgan fingerprint density at radius 2 is 1.78 bits per heavy atom. The van der Waals surface area contributed by atoms with E-state index in [1.165, 1.54) is 24.5 Å². The molecule has 2 rings (SSSR count). The second-order valence-electron chi connectivity index (χ2n) is 6.13. The van der Waals surface area contributed by atoms with E-state index in [-0.39, 0.29) is 17.5 Å². The number of nitrogens with one attached hydrogen (secondary N) is 2. The minimum Gasteiger partial charge on any atom is -0.346 e. The van der Waals surface area contributed by atoms with Crippen molar-refractivity contribution < 1.29 is 18.0 Å². The smallest absolute Gasteiger partial charge is 0.309 e. The largest absolute Gasteiger partial charge is 0.346 e. The van der Waals surface area contributed by atoms with Crippen LogP contribution in [0.5, 0.6) is 0 Å². The van der Waals surface area contributed by atoms with Crippen LogP contribution in [0.1, 0.15) is 31.1 Å². The molecule has 8 heteroatoms. The van der Waals surface area contributed by atoms with Crippen LogP contribution in [-0.2, 0) is 19.4 Å². The summed E-state index contributed by atoms with van der Waals surface area (Å²) in [5.74, 6) is -1.65. The summed E-state index contributed by atoms with van der Waals surface area (Å²) in [5, 5.41) is 3.92. The highest BCUT2D eigenvalue weighted by atomic mass is 32.2. The van der Waals surface area contributed by atoms with Crippen LogP contribution in [-0.4, -0.2) is 37.8 Å². The zero-order chi connectivity index (χ0) is 19.9. The van der Waals surface area contributed by atoms with Crippen LogP contribution < -0.4 is 10.6 Å². The summed E-state index contributed by atoms with van der Waals surface area (Å²) in [6.07, 6.45) is 3.66. The molecule has 0 aliphatic heterocycles. The number of nitrogens with zero attached hydrogens (tertiary/aromatic N) is 1. The maximum absolute atomic E-state index is 13.1. The lowest BCUT2D eigenvalue weighted by Gasteiger charge is -2.19. The Balaban J connectivity index is 2.23. The molecule has 27 heavy (non-hydrogen) atoms. The molecule has 0 aliphatic rings. The Hall–Kier alpha value is -2.74. The van der Waals surface area contributed by atoms with Crippen molar-refractivity contribution in [2.24, 2.45) is 0 Å². The first-order chi connectivity index (χ1) is 12.9. The molecule has 2 atom stereocenters. The van der Waals surface area contributed by atoms with Gasteiger partial charge < -0.3 is 10.6 Å². The van der Waals surface area contributed by atoms with Crippen molar-refractivity contribution >= 4 is 21.7 Å². The van der Waals surface area contributed by atoms with E-state index < -0.39 is 26.9 Å². The van der Waals surface area contributed by atoms with E-state index in [1.807, 2.05) is 6.92 Å². The molecule has 0 fully saturated rings. The van der Waals surface area contributed by atoms with Gasteiger partial charge in [0.2, 0.25) is 0 Å². The molecule has 0 bridgehead atoms. The number of pyridine rings is 1. The first kappa shape index (κ1) is 20.6. The molecule has 2 aromatic rings. The highest BCUT2D eigenvalue weighted by Crippen LogP contribution is 2.27. The number of aromatic nitrogens is 1. The van der Waals surface area contributed by atoms with Crippen LogP contribution in [0.25, 0.3) is 0 Å².